The second-order valence-electron chi connectivity index (χ2n) is 6.01. The summed E-state index contributed by atoms with van der Waals surface area (Å²) >= 11 is 0. The van der Waals surface area contributed by atoms with E-state index in [0.717, 1.165) is 24.4 Å². The molecular formula is C21H23NO. The van der Waals surface area contributed by atoms with Gasteiger partial charge in [-0.15, -0.1) is 0 Å². The fourth-order valence-electron chi connectivity index (χ4n) is 2.80. The Morgan fingerprint density at radius 3 is 2.57 bits per heavy atom. The fraction of sp³-hybridized carbons (Fsp3) is 0.238. The lowest BCUT2D eigenvalue weighted by atomic mass is 10.0. The van der Waals surface area contributed by atoms with Crippen LogP contribution in [0.25, 0.3) is 10.8 Å². The van der Waals surface area contributed by atoms with Crippen LogP contribution in [0.2, 0.25) is 0 Å². The Hall–Kier alpha value is -2.48. The molecule has 0 radical (unpaired) electrons. The lowest BCUT2D eigenvalue weighted by Gasteiger charge is -2.12. The molecule has 0 heterocycles. The molecule has 0 aliphatic rings. The molecule has 0 bridgehead atoms. The number of fused-ring (bicyclic) bond motifs is 1. The molecule has 3 aromatic carbocycles. The van der Waals surface area contributed by atoms with Crippen molar-refractivity contribution >= 4 is 16.5 Å². The second kappa shape index (κ2) is 7.19. The molecule has 0 aromatic heterocycles. The van der Waals surface area contributed by atoms with Gasteiger partial charge in [0.1, 0.15) is 5.75 Å². The first-order valence-electron chi connectivity index (χ1n) is 8.19. The van der Waals surface area contributed by atoms with Crippen LogP contribution in [0, 0.1) is 0 Å². The van der Waals surface area contributed by atoms with E-state index >= 15 is 0 Å². The zero-order chi connectivity index (χ0) is 16.1. The predicted octanol–water partition coefficient (Wildman–Crippen LogP) is 5.28. The third-order valence-corrected chi connectivity index (χ3v) is 3.81. The van der Waals surface area contributed by atoms with E-state index in [1.54, 1.807) is 0 Å². The van der Waals surface area contributed by atoms with E-state index < -0.39 is 0 Å². The molecule has 0 amide bonds. The van der Waals surface area contributed by atoms with Gasteiger partial charge in [-0.05, 0) is 48.7 Å². The van der Waals surface area contributed by atoms with Crippen molar-refractivity contribution in [3.8, 4) is 5.75 Å². The van der Waals surface area contributed by atoms with Crippen LogP contribution in [0.1, 0.15) is 19.4 Å². The Bertz CT molecular complexity index is 774. The molecule has 118 valence electrons. The minimum atomic E-state index is 0.195. The second-order valence-corrected chi connectivity index (χ2v) is 6.01. The van der Waals surface area contributed by atoms with Crippen molar-refractivity contribution in [2.45, 2.75) is 26.4 Å². The molecule has 0 saturated heterocycles. The summed E-state index contributed by atoms with van der Waals surface area (Å²) in [6.45, 7) is 4.99. The van der Waals surface area contributed by atoms with Gasteiger partial charge in [-0.2, -0.15) is 0 Å². The molecule has 0 aliphatic heterocycles. The molecule has 3 aromatic rings. The summed E-state index contributed by atoms with van der Waals surface area (Å²) in [7, 11) is 0. The standard InChI is InChI=1S/C21H23NO/c1-16(2)23-20-11-6-10-19(15-20)22-14-13-18-9-5-8-17-7-3-4-12-21(17)18/h3-12,15-16,22H,13-14H2,1-2H3. The van der Waals surface area contributed by atoms with Crippen LogP contribution >= 0.6 is 0 Å². The molecule has 0 unspecified atom stereocenters. The van der Waals surface area contributed by atoms with E-state index in [-0.39, 0.29) is 6.10 Å². The quantitative estimate of drug-likeness (QED) is 0.669. The molecule has 0 atom stereocenters. The first-order valence-corrected chi connectivity index (χ1v) is 8.19. The number of benzene rings is 3. The maximum Gasteiger partial charge on any atom is 0.121 e. The van der Waals surface area contributed by atoms with Crippen molar-refractivity contribution in [3.63, 3.8) is 0 Å². The van der Waals surface area contributed by atoms with Crippen molar-refractivity contribution in [3.05, 3.63) is 72.3 Å². The highest BCUT2D eigenvalue weighted by atomic mass is 16.5. The summed E-state index contributed by atoms with van der Waals surface area (Å²) in [5, 5.41) is 6.14. The largest absolute Gasteiger partial charge is 0.491 e. The van der Waals surface area contributed by atoms with Crippen molar-refractivity contribution in [2.24, 2.45) is 0 Å². The smallest absolute Gasteiger partial charge is 0.121 e. The lowest BCUT2D eigenvalue weighted by molar-refractivity contribution is 0.242. The monoisotopic (exact) mass is 305 g/mol. The Morgan fingerprint density at radius 1 is 0.913 bits per heavy atom. The van der Waals surface area contributed by atoms with Crippen LogP contribution in [0.5, 0.6) is 5.75 Å². The van der Waals surface area contributed by atoms with Crippen LogP contribution < -0.4 is 10.1 Å². The molecule has 2 heteroatoms. The third-order valence-electron chi connectivity index (χ3n) is 3.81. The Kier molecular flexibility index (Phi) is 4.82. The number of hydrogen-bond donors (Lipinski definition) is 1. The minimum absolute atomic E-state index is 0.195. The lowest BCUT2D eigenvalue weighted by Crippen LogP contribution is -2.07. The SMILES string of the molecule is CC(C)Oc1cccc(NCCc2cccc3ccccc23)c1. The van der Waals surface area contributed by atoms with Crippen LogP contribution in [0.4, 0.5) is 5.69 Å². The highest BCUT2D eigenvalue weighted by Crippen LogP contribution is 2.21. The average molecular weight is 305 g/mol. The van der Waals surface area contributed by atoms with Gasteiger partial charge < -0.3 is 10.1 Å². The van der Waals surface area contributed by atoms with Gasteiger partial charge in [-0.25, -0.2) is 0 Å². The number of hydrogen-bond acceptors (Lipinski definition) is 2. The van der Waals surface area contributed by atoms with Crippen molar-refractivity contribution in [1.82, 2.24) is 0 Å². The predicted molar refractivity (Wildman–Crippen MR) is 98.3 cm³/mol. The minimum Gasteiger partial charge on any atom is -0.491 e. The van der Waals surface area contributed by atoms with Gasteiger partial charge in [0.05, 0.1) is 6.10 Å². The normalized spacial score (nSPS) is 10.9. The maximum absolute atomic E-state index is 5.74. The van der Waals surface area contributed by atoms with Gasteiger partial charge in [0, 0.05) is 18.3 Å². The summed E-state index contributed by atoms with van der Waals surface area (Å²) in [5.74, 6) is 0.912. The van der Waals surface area contributed by atoms with E-state index in [2.05, 4.69) is 59.9 Å². The molecular weight excluding hydrogens is 282 g/mol. The highest BCUT2D eigenvalue weighted by Gasteiger charge is 2.02. The highest BCUT2D eigenvalue weighted by molar-refractivity contribution is 5.85. The van der Waals surface area contributed by atoms with Crippen LogP contribution in [-0.4, -0.2) is 12.6 Å². The van der Waals surface area contributed by atoms with E-state index in [4.69, 9.17) is 4.74 Å². The number of rotatable bonds is 6. The van der Waals surface area contributed by atoms with Crippen molar-refractivity contribution in [1.29, 1.82) is 0 Å². The van der Waals surface area contributed by atoms with Crippen molar-refractivity contribution in [2.75, 3.05) is 11.9 Å². The first kappa shape index (κ1) is 15.4. The van der Waals surface area contributed by atoms with Gasteiger partial charge in [0.25, 0.3) is 0 Å². The summed E-state index contributed by atoms with van der Waals surface area (Å²) < 4.78 is 5.74. The molecule has 0 fully saturated rings. The van der Waals surface area contributed by atoms with E-state index in [1.807, 2.05) is 26.0 Å². The van der Waals surface area contributed by atoms with Gasteiger partial charge in [0.15, 0.2) is 0 Å². The summed E-state index contributed by atoms with van der Waals surface area (Å²) in [6, 6.07) is 23.2. The number of anilines is 1. The molecule has 2 nitrogen and oxygen atoms in total. The summed E-state index contributed by atoms with van der Waals surface area (Å²) in [5.41, 5.74) is 2.48. The average Bonchev–Trinajstić information content (AvgIpc) is 2.55. The molecule has 0 spiro atoms. The summed E-state index contributed by atoms with van der Waals surface area (Å²) in [4.78, 5) is 0. The zero-order valence-electron chi connectivity index (χ0n) is 13.8. The van der Waals surface area contributed by atoms with Crippen LogP contribution in [0.3, 0.4) is 0 Å². The van der Waals surface area contributed by atoms with Gasteiger partial charge in [-0.3, -0.25) is 0 Å². The van der Waals surface area contributed by atoms with Gasteiger partial charge in [0.2, 0.25) is 0 Å². The van der Waals surface area contributed by atoms with Gasteiger partial charge in [-0.1, -0.05) is 48.5 Å². The molecule has 0 aliphatic carbocycles. The maximum atomic E-state index is 5.74. The van der Waals surface area contributed by atoms with E-state index in [1.165, 1.54) is 16.3 Å². The molecule has 3 rings (SSSR count). The first-order chi connectivity index (χ1) is 11.2. The molecule has 0 saturated carbocycles. The Morgan fingerprint density at radius 2 is 1.70 bits per heavy atom. The molecule has 23 heavy (non-hydrogen) atoms. The number of nitrogens with one attached hydrogen (secondary N) is 1. The number of ether oxygens (including phenoxy) is 1. The van der Waals surface area contributed by atoms with Crippen LogP contribution in [-0.2, 0) is 6.42 Å². The topological polar surface area (TPSA) is 21.3 Å². The Labute approximate surface area is 138 Å². The van der Waals surface area contributed by atoms with E-state index in [0.29, 0.717) is 0 Å². The van der Waals surface area contributed by atoms with Crippen molar-refractivity contribution < 1.29 is 4.74 Å². The Balaban J connectivity index is 1.65. The third kappa shape index (κ3) is 4.04. The van der Waals surface area contributed by atoms with Crippen LogP contribution in [0.15, 0.2) is 66.7 Å². The zero-order valence-corrected chi connectivity index (χ0v) is 13.8. The van der Waals surface area contributed by atoms with E-state index in [9.17, 15) is 0 Å². The molecule has 1 N–H and O–H groups in total. The fourth-order valence-corrected chi connectivity index (χ4v) is 2.80. The van der Waals surface area contributed by atoms with Gasteiger partial charge >= 0.3 is 0 Å². The summed E-state index contributed by atoms with van der Waals surface area (Å²) in [6.07, 6.45) is 1.19.